The lowest BCUT2D eigenvalue weighted by molar-refractivity contribution is -0.122. The summed E-state index contributed by atoms with van der Waals surface area (Å²) in [5.41, 5.74) is 7.29. The number of nitrogens with zero attached hydrogens (tertiary/aromatic N) is 1. The highest BCUT2D eigenvalue weighted by molar-refractivity contribution is 6.10. The van der Waals surface area contributed by atoms with Crippen molar-refractivity contribution < 1.29 is 19.1 Å². The van der Waals surface area contributed by atoms with Crippen molar-refractivity contribution in [2.45, 2.75) is 25.0 Å². The third-order valence-electron chi connectivity index (χ3n) is 5.42. The van der Waals surface area contributed by atoms with Crippen LogP contribution in [-0.2, 0) is 11.3 Å². The quantitative estimate of drug-likeness (QED) is 0.512. The number of benzene rings is 2. The molecule has 8 heteroatoms. The number of nitrogens with one attached hydrogen (secondary N) is 2. The fraction of sp³-hybridized carbons (Fsp3) is 0.261. The van der Waals surface area contributed by atoms with Crippen molar-refractivity contribution in [3.05, 3.63) is 64.7 Å². The maximum Gasteiger partial charge on any atom is 0.323 e. The molecule has 0 bridgehead atoms. The third-order valence-corrected chi connectivity index (χ3v) is 5.42. The van der Waals surface area contributed by atoms with E-state index in [0.29, 0.717) is 23.4 Å². The van der Waals surface area contributed by atoms with Crippen LogP contribution in [0.15, 0.2) is 42.5 Å². The molecule has 1 saturated heterocycles. The minimum absolute atomic E-state index is 0.0781. The number of carbonyl (C=O) groups is 3. The zero-order valence-corrected chi connectivity index (χ0v) is 17.2. The Balaban J connectivity index is 1.62. The van der Waals surface area contributed by atoms with Crippen molar-refractivity contribution in [3.8, 4) is 17.6 Å². The fourth-order valence-corrected chi connectivity index (χ4v) is 3.66. The first-order chi connectivity index (χ1) is 14.8. The second kappa shape index (κ2) is 7.78. The van der Waals surface area contributed by atoms with Crippen molar-refractivity contribution >= 4 is 17.8 Å². The Labute approximate surface area is 179 Å². The summed E-state index contributed by atoms with van der Waals surface area (Å²) in [7, 11) is 1.53. The number of amides is 4. The van der Waals surface area contributed by atoms with Crippen LogP contribution in [0.3, 0.4) is 0 Å². The van der Waals surface area contributed by atoms with Crippen LogP contribution in [0.2, 0.25) is 0 Å². The molecule has 8 nitrogen and oxygen atoms in total. The van der Waals surface area contributed by atoms with Gasteiger partial charge in [-0.05, 0) is 42.3 Å². The zero-order valence-electron chi connectivity index (χ0n) is 17.2. The topological polar surface area (TPSA) is 114 Å². The summed E-state index contributed by atoms with van der Waals surface area (Å²) in [6, 6.07) is 11.9. The van der Waals surface area contributed by atoms with Crippen LogP contribution in [0.4, 0.5) is 4.79 Å². The minimum atomic E-state index is -1.54. The van der Waals surface area contributed by atoms with Crippen LogP contribution in [0.1, 0.15) is 40.0 Å². The van der Waals surface area contributed by atoms with Crippen molar-refractivity contribution in [2.75, 3.05) is 13.7 Å². The number of urea groups is 1. The third kappa shape index (κ3) is 3.83. The fourth-order valence-electron chi connectivity index (χ4n) is 3.66. The van der Waals surface area contributed by atoms with E-state index in [9.17, 15) is 14.4 Å². The molecule has 2 atom stereocenters. The van der Waals surface area contributed by atoms with Gasteiger partial charge in [0.25, 0.3) is 11.8 Å². The molecular weight excluding hydrogens is 396 g/mol. The van der Waals surface area contributed by atoms with Gasteiger partial charge in [-0.2, -0.15) is 0 Å². The normalized spacial score (nSPS) is 20.5. The van der Waals surface area contributed by atoms with E-state index >= 15 is 0 Å². The summed E-state index contributed by atoms with van der Waals surface area (Å²) < 4.78 is 5.20. The first-order valence-electron chi connectivity index (χ1n) is 9.80. The molecule has 1 fully saturated rings. The lowest BCUT2D eigenvalue weighted by atomic mass is 9.98. The second-order valence-corrected chi connectivity index (χ2v) is 7.66. The number of ether oxygens (including phenoxy) is 1. The molecule has 2 aromatic carbocycles. The lowest BCUT2D eigenvalue weighted by Gasteiger charge is -2.26. The molecule has 158 valence electrons. The van der Waals surface area contributed by atoms with E-state index < -0.39 is 17.5 Å². The highest BCUT2D eigenvalue weighted by Crippen LogP contribution is 2.28. The van der Waals surface area contributed by atoms with Gasteiger partial charge in [-0.3, -0.25) is 14.9 Å². The van der Waals surface area contributed by atoms with Gasteiger partial charge in [0, 0.05) is 23.7 Å². The van der Waals surface area contributed by atoms with Gasteiger partial charge >= 0.3 is 6.03 Å². The van der Waals surface area contributed by atoms with E-state index in [-0.39, 0.29) is 18.5 Å². The molecule has 31 heavy (non-hydrogen) atoms. The number of carbonyl (C=O) groups excluding carboxylic acids is 3. The average Bonchev–Trinajstić information content (AvgIpc) is 3.21. The van der Waals surface area contributed by atoms with Crippen molar-refractivity contribution in [2.24, 2.45) is 5.73 Å². The SMILES string of the molecule is COc1ccc2c(c1)C(=O)N(C[C@]1(C#Cc3ccc([C@H](C)N)cc3)NC(=O)NC1=O)C2. The van der Waals surface area contributed by atoms with Crippen molar-refractivity contribution in [1.29, 1.82) is 0 Å². The van der Waals surface area contributed by atoms with Gasteiger partial charge < -0.3 is 20.7 Å². The molecule has 4 amide bonds. The number of imide groups is 1. The summed E-state index contributed by atoms with van der Waals surface area (Å²) in [6.07, 6.45) is 0. The minimum Gasteiger partial charge on any atom is -0.497 e. The number of hydrogen-bond acceptors (Lipinski definition) is 5. The summed E-state index contributed by atoms with van der Waals surface area (Å²) in [5, 5.41) is 4.83. The molecule has 0 spiro atoms. The second-order valence-electron chi connectivity index (χ2n) is 7.66. The molecule has 2 heterocycles. The summed E-state index contributed by atoms with van der Waals surface area (Å²) in [4.78, 5) is 39.0. The van der Waals surface area contributed by atoms with Gasteiger partial charge in [0.2, 0.25) is 5.54 Å². The average molecular weight is 418 g/mol. The Bertz CT molecular complexity index is 1130. The van der Waals surface area contributed by atoms with E-state index in [1.807, 2.05) is 25.1 Å². The predicted molar refractivity (Wildman–Crippen MR) is 113 cm³/mol. The smallest absolute Gasteiger partial charge is 0.323 e. The monoisotopic (exact) mass is 418 g/mol. The Kier molecular flexibility index (Phi) is 5.13. The van der Waals surface area contributed by atoms with Crippen LogP contribution in [-0.4, -0.2) is 41.9 Å². The van der Waals surface area contributed by atoms with Gasteiger partial charge in [0.15, 0.2) is 0 Å². The van der Waals surface area contributed by atoms with Crippen LogP contribution in [0.5, 0.6) is 5.75 Å². The molecule has 0 saturated carbocycles. The first-order valence-corrected chi connectivity index (χ1v) is 9.80. The molecule has 0 radical (unpaired) electrons. The Morgan fingerprint density at radius 1 is 1.19 bits per heavy atom. The molecule has 0 aliphatic carbocycles. The van der Waals surface area contributed by atoms with E-state index in [4.69, 9.17) is 10.5 Å². The number of methoxy groups -OCH3 is 1. The maximum atomic E-state index is 12.9. The zero-order chi connectivity index (χ0) is 22.2. The standard InChI is InChI=1S/C23H22N4O4/c1-14(24)16-5-3-15(4-6-16)9-10-23(21(29)25-22(30)26-23)13-27-12-17-7-8-18(31-2)11-19(17)20(27)28/h3-8,11,14H,12-13,24H2,1-2H3,(H2,25,26,29,30)/t14-,23-/m0/s1. The number of rotatable bonds is 4. The molecule has 2 aliphatic heterocycles. The Morgan fingerprint density at radius 3 is 2.55 bits per heavy atom. The highest BCUT2D eigenvalue weighted by Gasteiger charge is 2.48. The number of nitrogens with two attached hydrogens (primary N) is 1. The van der Waals surface area contributed by atoms with Gasteiger partial charge in [0.05, 0.1) is 13.7 Å². The predicted octanol–water partition coefficient (Wildman–Crippen LogP) is 1.30. The summed E-state index contributed by atoms with van der Waals surface area (Å²) in [6.45, 7) is 2.12. The van der Waals surface area contributed by atoms with Crippen LogP contribution in [0.25, 0.3) is 0 Å². The van der Waals surface area contributed by atoms with E-state index in [0.717, 1.165) is 11.1 Å². The van der Waals surface area contributed by atoms with E-state index in [2.05, 4.69) is 22.5 Å². The summed E-state index contributed by atoms with van der Waals surface area (Å²) in [5.74, 6) is 5.59. The van der Waals surface area contributed by atoms with E-state index in [1.54, 1.807) is 24.3 Å². The number of fused-ring (bicyclic) bond motifs is 1. The highest BCUT2D eigenvalue weighted by atomic mass is 16.5. The Hall–Kier alpha value is -3.83. The Morgan fingerprint density at radius 2 is 1.94 bits per heavy atom. The molecule has 0 aromatic heterocycles. The molecule has 2 aromatic rings. The van der Waals surface area contributed by atoms with Gasteiger partial charge in [-0.15, -0.1) is 0 Å². The lowest BCUT2D eigenvalue weighted by Crippen LogP contribution is -2.54. The molecule has 2 aliphatic rings. The van der Waals surface area contributed by atoms with Gasteiger partial charge in [-0.1, -0.05) is 30.0 Å². The maximum absolute atomic E-state index is 12.9. The molecule has 4 rings (SSSR count). The molecular formula is C23H22N4O4. The summed E-state index contributed by atoms with van der Waals surface area (Å²) >= 11 is 0. The van der Waals surface area contributed by atoms with E-state index in [1.165, 1.54) is 12.0 Å². The van der Waals surface area contributed by atoms with Gasteiger partial charge in [-0.25, -0.2) is 4.79 Å². The van der Waals surface area contributed by atoms with Crippen LogP contribution >= 0.6 is 0 Å². The molecule has 4 N–H and O–H groups in total. The largest absolute Gasteiger partial charge is 0.497 e. The van der Waals surface area contributed by atoms with Crippen molar-refractivity contribution in [1.82, 2.24) is 15.5 Å². The molecule has 0 unspecified atom stereocenters. The van der Waals surface area contributed by atoms with Gasteiger partial charge in [0.1, 0.15) is 5.75 Å². The first kappa shape index (κ1) is 20.4. The number of hydrogen-bond donors (Lipinski definition) is 3. The van der Waals surface area contributed by atoms with Crippen LogP contribution < -0.4 is 21.1 Å². The van der Waals surface area contributed by atoms with Crippen molar-refractivity contribution in [3.63, 3.8) is 0 Å². The van der Waals surface area contributed by atoms with Crippen LogP contribution in [0, 0.1) is 11.8 Å².